The third-order valence-corrected chi connectivity index (χ3v) is 6.07. The largest absolute Gasteiger partial charge is 0.469 e. The monoisotopic (exact) mass is 514 g/mol. The zero-order chi connectivity index (χ0) is 26.6. The molecule has 3 rings (SSSR count). The molecule has 11 nitrogen and oxygen atoms in total. The quantitative estimate of drug-likeness (QED) is 0.193. The van der Waals surface area contributed by atoms with Gasteiger partial charge in [0.25, 0.3) is 0 Å². The first-order valence-corrected chi connectivity index (χ1v) is 12.8. The number of imidazole rings is 1. The van der Waals surface area contributed by atoms with E-state index in [1.807, 2.05) is 24.3 Å². The van der Waals surface area contributed by atoms with Crippen molar-refractivity contribution in [1.82, 2.24) is 24.4 Å². The summed E-state index contributed by atoms with van der Waals surface area (Å²) in [4.78, 5) is 37.8. The zero-order valence-corrected chi connectivity index (χ0v) is 21.7. The number of hydrogen-bond acceptors (Lipinski definition) is 9. The van der Waals surface area contributed by atoms with Crippen molar-refractivity contribution in [1.29, 1.82) is 0 Å². The van der Waals surface area contributed by atoms with Gasteiger partial charge in [-0.1, -0.05) is 37.6 Å². The molecular weight excluding hydrogens is 476 g/mol. The van der Waals surface area contributed by atoms with Crippen LogP contribution in [0.25, 0.3) is 11.2 Å². The van der Waals surface area contributed by atoms with Crippen molar-refractivity contribution in [3.8, 4) is 6.01 Å². The highest BCUT2D eigenvalue weighted by Gasteiger charge is 2.15. The summed E-state index contributed by atoms with van der Waals surface area (Å²) >= 11 is 0. The second-order valence-corrected chi connectivity index (χ2v) is 9.01. The van der Waals surface area contributed by atoms with Gasteiger partial charge >= 0.3 is 17.7 Å². The lowest BCUT2D eigenvalue weighted by Gasteiger charge is -2.22. The number of H-pyrrole nitrogens is 1. The molecule has 0 saturated carbocycles. The number of esters is 1. The summed E-state index contributed by atoms with van der Waals surface area (Å²) in [5.41, 5.74) is 8.63. The number of aryl methyl sites for hydroxylation is 1. The van der Waals surface area contributed by atoms with E-state index in [0.717, 1.165) is 49.9 Å². The van der Waals surface area contributed by atoms with Crippen molar-refractivity contribution in [2.45, 2.75) is 58.5 Å². The van der Waals surface area contributed by atoms with Crippen LogP contribution in [-0.2, 0) is 29.0 Å². The molecule has 202 valence electrons. The number of nitrogen functional groups attached to an aromatic ring is 1. The van der Waals surface area contributed by atoms with Crippen LogP contribution in [0.15, 0.2) is 29.1 Å². The van der Waals surface area contributed by atoms with Gasteiger partial charge in [0.2, 0.25) is 0 Å². The number of unbranched alkanes of at least 4 members (excludes halogenated alkanes) is 2. The molecule has 0 spiro atoms. The smallest absolute Gasteiger partial charge is 0.327 e. The lowest BCUT2D eigenvalue weighted by Crippen LogP contribution is -2.27. The Hall–Kier alpha value is -3.44. The molecule has 0 unspecified atom stereocenters. The number of anilines is 1. The number of rotatable bonds is 16. The fraction of sp³-hybridized carbons (Fsp3) is 0.538. The maximum absolute atomic E-state index is 12.6. The molecule has 0 atom stereocenters. The molecule has 37 heavy (non-hydrogen) atoms. The molecular formula is C26H38N6O5. The van der Waals surface area contributed by atoms with Crippen LogP contribution in [0.2, 0.25) is 0 Å². The number of aliphatic hydroxyl groups is 1. The van der Waals surface area contributed by atoms with Gasteiger partial charge in [0.05, 0.1) is 20.1 Å². The molecule has 0 fully saturated rings. The molecule has 11 heteroatoms. The molecule has 0 saturated heterocycles. The molecule has 2 aromatic heterocycles. The minimum Gasteiger partial charge on any atom is -0.469 e. The van der Waals surface area contributed by atoms with Crippen LogP contribution < -0.4 is 16.2 Å². The minimum absolute atomic E-state index is 0.118. The minimum atomic E-state index is -0.277. The number of aromatic nitrogens is 4. The highest BCUT2D eigenvalue weighted by molar-refractivity contribution is 5.81. The van der Waals surface area contributed by atoms with E-state index in [0.29, 0.717) is 37.3 Å². The van der Waals surface area contributed by atoms with Crippen LogP contribution in [0.1, 0.15) is 50.2 Å². The molecule has 0 bridgehead atoms. The maximum Gasteiger partial charge on any atom is 0.327 e. The normalized spacial score (nSPS) is 11.4. The molecule has 3 aromatic rings. The predicted molar refractivity (Wildman–Crippen MR) is 141 cm³/mol. The van der Waals surface area contributed by atoms with E-state index in [4.69, 9.17) is 15.2 Å². The van der Waals surface area contributed by atoms with E-state index in [1.54, 1.807) is 4.57 Å². The van der Waals surface area contributed by atoms with Crippen molar-refractivity contribution < 1.29 is 19.4 Å². The van der Waals surface area contributed by atoms with Gasteiger partial charge in [-0.2, -0.15) is 9.97 Å². The van der Waals surface area contributed by atoms with E-state index >= 15 is 0 Å². The fourth-order valence-electron chi connectivity index (χ4n) is 4.12. The molecule has 0 aliphatic heterocycles. The van der Waals surface area contributed by atoms with Crippen molar-refractivity contribution in [3.05, 3.63) is 45.9 Å². The van der Waals surface area contributed by atoms with Crippen LogP contribution in [-0.4, -0.2) is 68.9 Å². The van der Waals surface area contributed by atoms with Gasteiger partial charge in [-0.3, -0.25) is 14.3 Å². The summed E-state index contributed by atoms with van der Waals surface area (Å²) in [7, 11) is 1.38. The number of ether oxygens (including phenoxy) is 2. The zero-order valence-electron chi connectivity index (χ0n) is 21.7. The van der Waals surface area contributed by atoms with Gasteiger partial charge < -0.3 is 25.3 Å². The van der Waals surface area contributed by atoms with Crippen LogP contribution >= 0.6 is 0 Å². The van der Waals surface area contributed by atoms with Gasteiger partial charge in [0, 0.05) is 26.2 Å². The standard InChI is InChI=1S/C26H38N6O5/c1-3-4-15-37-25-29-23(27)22-24(30-25)32(26(35)28-22)13-6-5-11-31(12-8-14-33)18-20-10-7-9-19(16-20)17-21(34)36-2/h7,9-10,16,33H,3-6,8,11-15,17-18H2,1-2H3,(H,28,35)(H2,27,29,30). The number of nitrogens with one attached hydrogen (secondary N) is 1. The van der Waals surface area contributed by atoms with E-state index < -0.39 is 0 Å². The van der Waals surface area contributed by atoms with Crippen LogP contribution in [0, 0.1) is 0 Å². The third-order valence-electron chi connectivity index (χ3n) is 6.07. The van der Waals surface area contributed by atoms with Crippen molar-refractivity contribution in [2.24, 2.45) is 0 Å². The third kappa shape index (κ3) is 8.29. The predicted octanol–water partition coefficient (Wildman–Crippen LogP) is 2.26. The van der Waals surface area contributed by atoms with E-state index in [9.17, 15) is 14.7 Å². The molecule has 0 aliphatic carbocycles. The molecule has 0 amide bonds. The van der Waals surface area contributed by atoms with Gasteiger partial charge in [0.15, 0.2) is 11.5 Å². The van der Waals surface area contributed by atoms with Crippen molar-refractivity contribution in [2.75, 3.05) is 39.1 Å². The Morgan fingerprint density at radius 2 is 1.95 bits per heavy atom. The Morgan fingerprint density at radius 3 is 2.70 bits per heavy atom. The maximum atomic E-state index is 12.6. The number of carbonyl (C=O) groups excluding carboxylic acids is 1. The summed E-state index contributed by atoms with van der Waals surface area (Å²) in [6.07, 6.45) is 4.36. The molecule has 2 heterocycles. The molecule has 0 radical (unpaired) electrons. The summed E-state index contributed by atoms with van der Waals surface area (Å²) in [6.45, 7) is 5.39. The van der Waals surface area contributed by atoms with Crippen LogP contribution in [0.4, 0.5) is 5.82 Å². The fourth-order valence-corrected chi connectivity index (χ4v) is 4.12. The highest BCUT2D eigenvalue weighted by atomic mass is 16.5. The number of carbonyl (C=O) groups is 1. The summed E-state index contributed by atoms with van der Waals surface area (Å²) < 4.78 is 11.9. The van der Waals surface area contributed by atoms with Gasteiger partial charge in [-0.25, -0.2) is 4.79 Å². The Kier molecular flexibility index (Phi) is 10.9. The first kappa shape index (κ1) is 28.1. The van der Waals surface area contributed by atoms with Crippen molar-refractivity contribution in [3.63, 3.8) is 0 Å². The first-order valence-electron chi connectivity index (χ1n) is 12.8. The Morgan fingerprint density at radius 1 is 1.16 bits per heavy atom. The molecule has 0 aliphatic rings. The first-order chi connectivity index (χ1) is 17.9. The summed E-state index contributed by atoms with van der Waals surface area (Å²) in [6, 6.07) is 8.07. The Balaban J connectivity index is 1.62. The summed E-state index contributed by atoms with van der Waals surface area (Å²) in [5, 5.41) is 9.34. The average molecular weight is 515 g/mol. The number of hydrogen-bond donors (Lipinski definition) is 3. The van der Waals surface area contributed by atoms with Crippen LogP contribution in [0.3, 0.4) is 0 Å². The number of benzene rings is 1. The number of fused-ring (bicyclic) bond motifs is 1. The van der Waals surface area contributed by atoms with E-state index in [1.165, 1.54) is 7.11 Å². The number of aliphatic hydroxyl groups excluding tert-OH is 1. The van der Waals surface area contributed by atoms with Gasteiger partial charge in [0.1, 0.15) is 5.52 Å². The number of nitrogens with zero attached hydrogens (tertiary/aromatic N) is 4. The second kappa shape index (κ2) is 14.3. The number of methoxy groups -OCH3 is 1. The van der Waals surface area contributed by atoms with E-state index in [-0.39, 0.29) is 36.5 Å². The highest BCUT2D eigenvalue weighted by Crippen LogP contribution is 2.18. The van der Waals surface area contributed by atoms with Gasteiger partial charge in [-0.05, 0) is 43.4 Å². The molecule has 1 aromatic carbocycles. The van der Waals surface area contributed by atoms with Crippen molar-refractivity contribution >= 4 is 23.0 Å². The molecule has 4 N–H and O–H groups in total. The lowest BCUT2D eigenvalue weighted by atomic mass is 10.1. The average Bonchev–Trinajstić information content (AvgIpc) is 3.20. The Bertz CT molecular complexity index is 1210. The topological polar surface area (TPSA) is 149 Å². The number of nitrogens with two attached hydrogens (primary N) is 1. The lowest BCUT2D eigenvalue weighted by molar-refractivity contribution is -0.139. The second-order valence-electron chi connectivity index (χ2n) is 9.01. The van der Waals surface area contributed by atoms with Crippen LogP contribution in [0.5, 0.6) is 6.01 Å². The number of aromatic amines is 1. The van der Waals surface area contributed by atoms with Gasteiger partial charge in [-0.15, -0.1) is 0 Å². The summed E-state index contributed by atoms with van der Waals surface area (Å²) in [5.74, 6) is -0.0783. The van der Waals surface area contributed by atoms with E-state index in [2.05, 4.69) is 26.8 Å². The SMILES string of the molecule is CCCCOc1nc(N)c2[nH]c(=O)n(CCCCN(CCCO)Cc3cccc(CC(=O)OC)c3)c2n1. The Labute approximate surface area is 216 Å².